The number of pyridine rings is 1. The highest BCUT2D eigenvalue weighted by molar-refractivity contribution is 7.17. The van der Waals surface area contributed by atoms with E-state index in [-0.39, 0.29) is 5.78 Å². The largest absolute Gasteiger partial charge is 0.289 e. The molecule has 20 heavy (non-hydrogen) atoms. The van der Waals surface area contributed by atoms with Crippen molar-refractivity contribution in [1.29, 1.82) is 0 Å². The van der Waals surface area contributed by atoms with Crippen LogP contribution >= 0.6 is 11.3 Å². The second-order valence-electron chi connectivity index (χ2n) is 4.80. The molecule has 0 atom stereocenters. The number of hydrogen-bond acceptors (Lipinski definition) is 3. The van der Waals surface area contributed by atoms with Gasteiger partial charge >= 0.3 is 0 Å². The number of carbonyl (C=O) groups is 1. The minimum absolute atomic E-state index is 0.0378. The molecule has 100 valence electrons. The van der Waals surface area contributed by atoms with Crippen molar-refractivity contribution in [2.75, 3.05) is 0 Å². The molecule has 3 rings (SSSR count). The molecule has 2 aromatic heterocycles. The highest BCUT2D eigenvalue weighted by Crippen LogP contribution is 2.21. The molecule has 0 fully saturated rings. The Labute approximate surface area is 122 Å². The summed E-state index contributed by atoms with van der Waals surface area (Å²) >= 11 is 1.61. The normalized spacial score (nSPS) is 10.8. The number of aryl methyl sites for hydroxylation is 1. The van der Waals surface area contributed by atoms with Gasteiger partial charge < -0.3 is 0 Å². The zero-order valence-electron chi connectivity index (χ0n) is 11.3. The predicted molar refractivity (Wildman–Crippen MR) is 83.5 cm³/mol. The lowest BCUT2D eigenvalue weighted by Crippen LogP contribution is -2.01. The third-order valence-corrected chi connectivity index (χ3v) is 4.17. The van der Waals surface area contributed by atoms with Crippen LogP contribution in [0.15, 0.2) is 48.0 Å². The van der Waals surface area contributed by atoms with Crippen molar-refractivity contribution < 1.29 is 4.79 Å². The van der Waals surface area contributed by atoms with E-state index in [1.54, 1.807) is 17.5 Å². The topological polar surface area (TPSA) is 30.0 Å². The van der Waals surface area contributed by atoms with E-state index in [1.165, 1.54) is 5.56 Å². The highest BCUT2D eigenvalue weighted by Gasteiger charge is 2.10. The van der Waals surface area contributed by atoms with Gasteiger partial charge in [-0.25, -0.2) is 0 Å². The Bertz CT molecular complexity index is 743. The average Bonchev–Trinajstić information content (AvgIpc) is 2.95. The zero-order valence-corrected chi connectivity index (χ0v) is 12.1. The Morgan fingerprint density at radius 1 is 1.15 bits per heavy atom. The molecule has 0 aliphatic rings. The number of benzene rings is 1. The number of thiophene rings is 1. The fraction of sp³-hybridized carbons (Fsp3) is 0.176. The Kier molecular flexibility index (Phi) is 3.61. The van der Waals surface area contributed by atoms with Gasteiger partial charge in [0.2, 0.25) is 0 Å². The van der Waals surface area contributed by atoms with Crippen LogP contribution in [0.5, 0.6) is 0 Å². The molecular formula is C17H15NOS. The molecule has 0 unspecified atom stereocenters. The first-order valence-electron chi connectivity index (χ1n) is 6.75. The molecule has 3 heteroatoms. The van der Waals surface area contributed by atoms with Crippen molar-refractivity contribution in [2.45, 2.75) is 19.8 Å². The van der Waals surface area contributed by atoms with Crippen LogP contribution in [0.2, 0.25) is 0 Å². The zero-order chi connectivity index (χ0) is 13.9. The summed E-state index contributed by atoms with van der Waals surface area (Å²) in [5.74, 6) is 0.0378. The van der Waals surface area contributed by atoms with Gasteiger partial charge in [0.25, 0.3) is 0 Å². The van der Waals surface area contributed by atoms with Gasteiger partial charge in [0, 0.05) is 17.3 Å². The monoisotopic (exact) mass is 281 g/mol. The molecule has 0 spiro atoms. The van der Waals surface area contributed by atoms with E-state index in [0.29, 0.717) is 5.56 Å². The summed E-state index contributed by atoms with van der Waals surface area (Å²) in [4.78, 5) is 16.8. The van der Waals surface area contributed by atoms with E-state index in [9.17, 15) is 4.79 Å². The Morgan fingerprint density at radius 3 is 2.70 bits per heavy atom. The van der Waals surface area contributed by atoms with Gasteiger partial charge in [0.15, 0.2) is 5.78 Å². The van der Waals surface area contributed by atoms with Crippen molar-refractivity contribution in [2.24, 2.45) is 0 Å². The lowest BCUT2D eigenvalue weighted by atomic mass is 10.0. The fourth-order valence-electron chi connectivity index (χ4n) is 2.25. The number of fused-ring (bicyclic) bond motifs is 1. The predicted octanol–water partition coefficient (Wildman–Crippen LogP) is 4.48. The van der Waals surface area contributed by atoms with E-state index < -0.39 is 0 Å². The Morgan fingerprint density at radius 2 is 1.95 bits per heavy atom. The molecule has 0 bridgehead atoms. The van der Waals surface area contributed by atoms with Crippen molar-refractivity contribution in [1.82, 2.24) is 4.98 Å². The number of carbonyl (C=O) groups excluding carboxylic acids is 1. The summed E-state index contributed by atoms with van der Waals surface area (Å²) < 4.78 is 1.05. The van der Waals surface area contributed by atoms with Crippen molar-refractivity contribution >= 4 is 27.3 Å². The van der Waals surface area contributed by atoms with Crippen molar-refractivity contribution in [3.8, 4) is 0 Å². The minimum Gasteiger partial charge on any atom is -0.289 e. The Hall–Kier alpha value is -2.00. The molecule has 2 heterocycles. The van der Waals surface area contributed by atoms with Gasteiger partial charge in [-0.05, 0) is 29.5 Å². The lowest BCUT2D eigenvalue weighted by Gasteiger charge is -2.03. The summed E-state index contributed by atoms with van der Waals surface area (Å²) in [6, 6.07) is 11.8. The van der Waals surface area contributed by atoms with Gasteiger partial charge in [-0.1, -0.05) is 37.6 Å². The standard InChI is InChI=1S/C17H15NOS/c1-2-3-12-4-6-13(7-5-12)17(19)14-10-16-15(18-11-14)8-9-20-16/h4-11H,2-3H2,1H3. The number of ketones is 1. The van der Waals surface area contributed by atoms with Crippen LogP contribution in [-0.2, 0) is 6.42 Å². The third kappa shape index (κ3) is 2.49. The number of nitrogens with zero attached hydrogens (tertiary/aromatic N) is 1. The number of hydrogen-bond donors (Lipinski definition) is 0. The third-order valence-electron chi connectivity index (χ3n) is 3.32. The molecule has 0 aliphatic heterocycles. The van der Waals surface area contributed by atoms with Gasteiger partial charge in [0.1, 0.15) is 0 Å². The van der Waals surface area contributed by atoms with Gasteiger partial charge in [-0.2, -0.15) is 0 Å². The summed E-state index contributed by atoms with van der Waals surface area (Å²) in [5.41, 5.74) is 3.60. The molecular weight excluding hydrogens is 266 g/mol. The second-order valence-corrected chi connectivity index (χ2v) is 5.75. The maximum atomic E-state index is 12.4. The van der Waals surface area contributed by atoms with E-state index in [1.807, 2.05) is 41.8 Å². The first-order valence-corrected chi connectivity index (χ1v) is 7.63. The maximum absolute atomic E-state index is 12.4. The van der Waals surface area contributed by atoms with Crippen molar-refractivity contribution in [3.63, 3.8) is 0 Å². The molecule has 0 saturated heterocycles. The van der Waals surface area contributed by atoms with Crippen LogP contribution < -0.4 is 0 Å². The quantitative estimate of drug-likeness (QED) is 0.660. The molecule has 0 saturated carbocycles. The lowest BCUT2D eigenvalue weighted by molar-refractivity contribution is 0.103. The molecule has 3 aromatic rings. The van der Waals surface area contributed by atoms with Crippen LogP contribution in [0.1, 0.15) is 34.8 Å². The van der Waals surface area contributed by atoms with Gasteiger partial charge in [-0.3, -0.25) is 9.78 Å². The molecule has 1 aromatic carbocycles. The summed E-state index contributed by atoms with van der Waals surface area (Å²) in [6.45, 7) is 2.15. The van der Waals surface area contributed by atoms with Crippen molar-refractivity contribution in [3.05, 3.63) is 64.7 Å². The van der Waals surface area contributed by atoms with Gasteiger partial charge in [0.05, 0.1) is 10.2 Å². The van der Waals surface area contributed by atoms with Crippen LogP contribution in [0.4, 0.5) is 0 Å². The molecule has 2 nitrogen and oxygen atoms in total. The van der Waals surface area contributed by atoms with E-state index in [0.717, 1.165) is 28.6 Å². The fourth-order valence-corrected chi connectivity index (χ4v) is 3.03. The number of rotatable bonds is 4. The summed E-state index contributed by atoms with van der Waals surface area (Å²) in [5, 5.41) is 1.99. The summed E-state index contributed by atoms with van der Waals surface area (Å²) in [7, 11) is 0. The SMILES string of the molecule is CCCc1ccc(C(=O)c2cnc3ccsc3c2)cc1. The molecule has 0 aliphatic carbocycles. The first kappa shape index (κ1) is 13.0. The smallest absolute Gasteiger partial charge is 0.194 e. The number of aromatic nitrogens is 1. The minimum atomic E-state index is 0.0378. The maximum Gasteiger partial charge on any atom is 0.194 e. The second kappa shape index (κ2) is 5.55. The van der Waals surface area contributed by atoms with Crippen LogP contribution in [0, 0.1) is 0 Å². The van der Waals surface area contributed by atoms with Crippen LogP contribution in [0.25, 0.3) is 10.2 Å². The van der Waals surface area contributed by atoms with Gasteiger partial charge in [-0.15, -0.1) is 11.3 Å². The molecule has 0 amide bonds. The first-order chi connectivity index (χ1) is 9.78. The van der Waals surface area contributed by atoms with E-state index in [2.05, 4.69) is 11.9 Å². The highest BCUT2D eigenvalue weighted by atomic mass is 32.1. The van der Waals surface area contributed by atoms with E-state index in [4.69, 9.17) is 0 Å². The Balaban J connectivity index is 1.90. The van der Waals surface area contributed by atoms with Crippen LogP contribution in [0.3, 0.4) is 0 Å². The molecule has 0 N–H and O–H groups in total. The average molecular weight is 281 g/mol. The molecule has 0 radical (unpaired) electrons. The van der Waals surface area contributed by atoms with E-state index >= 15 is 0 Å². The summed E-state index contributed by atoms with van der Waals surface area (Å²) in [6.07, 6.45) is 3.83. The van der Waals surface area contributed by atoms with Crippen LogP contribution in [-0.4, -0.2) is 10.8 Å².